The van der Waals surface area contributed by atoms with Crippen molar-refractivity contribution < 1.29 is 18.7 Å². The van der Waals surface area contributed by atoms with Gasteiger partial charge < -0.3 is 14.5 Å². The third-order valence-electron chi connectivity index (χ3n) is 4.91. The smallest absolute Gasteiger partial charge is 0.257 e. The van der Waals surface area contributed by atoms with Crippen molar-refractivity contribution in [2.75, 3.05) is 33.3 Å². The molecule has 2 aromatic rings. The number of hydrogen-bond acceptors (Lipinski definition) is 3. The van der Waals surface area contributed by atoms with Crippen LogP contribution in [-0.2, 0) is 11.2 Å². The molecule has 2 aromatic carbocycles. The van der Waals surface area contributed by atoms with Gasteiger partial charge in [-0.2, -0.15) is 0 Å². The minimum absolute atomic E-state index is 0.00746. The number of rotatable bonds is 4. The van der Waals surface area contributed by atoms with E-state index in [4.69, 9.17) is 16.3 Å². The van der Waals surface area contributed by atoms with Gasteiger partial charge in [0.15, 0.2) is 0 Å². The fourth-order valence-corrected chi connectivity index (χ4v) is 3.42. The highest BCUT2D eigenvalue weighted by Crippen LogP contribution is 2.21. The zero-order valence-electron chi connectivity index (χ0n) is 15.9. The summed E-state index contributed by atoms with van der Waals surface area (Å²) in [4.78, 5) is 28.4. The van der Waals surface area contributed by atoms with Crippen molar-refractivity contribution in [2.45, 2.75) is 13.3 Å². The Morgan fingerprint density at radius 3 is 2.43 bits per heavy atom. The molecular weight excluding hydrogens is 383 g/mol. The molecule has 0 saturated carbocycles. The second-order valence-corrected chi connectivity index (χ2v) is 7.21. The lowest BCUT2D eigenvalue weighted by atomic mass is 10.1. The number of carbonyl (C=O) groups is 2. The van der Waals surface area contributed by atoms with E-state index in [0.29, 0.717) is 31.2 Å². The van der Waals surface area contributed by atoms with Crippen molar-refractivity contribution in [3.63, 3.8) is 0 Å². The first-order valence-electron chi connectivity index (χ1n) is 9.04. The number of amides is 2. The summed E-state index contributed by atoms with van der Waals surface area (Å²) >= 11 is 5.87. The topological polar surface area (TPSA) is 49.9 Å². The molecule has 1 heterocycles. The Hall–Kier alpha value is -2.60. The maximum absolute atomic E-state index is 13.9. The quantitative estimate of drug-likeness (QED) is 0.785. The predicted octanol–water partition coefficient (Wildman–Crippen LogP) is 3.32. The fraction of sp³-hybridized carbons (Fsp3) is 0.333. The lowest BCUT2D eigenvalue weighted by Crippen LogP contribution is -2.51. The third-order valence-corrected chi connectivity index (χ3v) is 5.14. The first-order valence-corrected chi connectivity index (χ1v) is 9.42. The van der Waals surface area contributed by atoms with Crippen molar-refractivity contribution in [3.8, 4) is 5.75 Å². The number of benzene rings is 2. The van der Waals surface area contributed by atoms with Crippen LogP contribution in [0.4, 0.5) is 4.39 Å². The van der Waals surface area contributed by atoms with Crippen LogP contribution in [0.1, 0.15) is 21.5 Å². The third kappa shape index (κ3) is 4.44. The van der Waals surface area contributed by atoms with Crippen LogP contribution in [0.3, 0.4) is 0 Å². The van der Waals surface area contributed by atoms with E-state index in [0.717, 1.165) is 16.9 Å². The second kappa shape index (κ2) is 8.61. The summed E-state index contributed by atoms with van der Waals surface area (Å²) in [6.07, 6.45) is 0.271. The van der Waals surface area contributed by atoms with Gasteiger partial charge in [-0.3, -0.25) is 9.59 Å². The van der Waals surface area contributed by atoms with Crippen molar-refractivity contribution in [1.29, 1.82) is 0 Å². The van der Waals surface area contributed by atoms with Crippen LogP contribution < -0.4 is 4.74 Å². The molecule has 1 fully saturated rings. The first kappa shape index (κ1) is 20.1. The highest BCUT2D eigenvalue weighted by atomic mass is 35.5. The Balaban J connectivity index is 1.59. The van der Waals surface area contributed by atoms with E-state index in [-0.39, 0.29) is 17.9 Å². The van der Waals surface area contributed by atoms with Gasteiger partial charge in [0.05, 0.1) is 19.1 Å². The molecule has 0 N–H and O–H groups in total. The molecule has 0 spiro atoms. The molecule has 0 radical (unpaired) electrons. The monoisotopic (exact) mass is 404 g/mol. The Labute approximate surface area is 168 Å². The average Bonchev–Trinajstić information content (AvgIpc) is 2.70. The summed E-state index contributed by atoms with van der Waals surface area (Å²) in [7, 11) is 1.60. The molecule has 0 bridgehead atoms. The Kier molecular flexibility index (Phi) is 6.19. The second-order valence-electron chi connectivity index (χ2n) is 6.78. The van der Waals surface area contributed by atoms with Gasteiger partial charge in [-0.1, -0.05) is 23.7 Å². The van der Waals surface area contributed by atoms with Gasteiger partial charge in [-0.15, -0.1) is 0 Å². The summed E-state index contributed by atoms with van der Waals surface area (Å²) in [5.41, 5.74) is 1.85. The van der Waals surface area contributed by atoms with Crippen LogP contribution in [0.5, 0.6) is 5.75 Å². The minimum Gasteiger partial charge on any atom is -0.496 e. The zero-order valence-corrected chi connectivity index (χ0v) is 16.6. The van der Waals surface area contributed by atoms with Crippen LogP contribution in [0.25, 0.3) is 0 Å². The molecule has 7 heteroatoms. The van der Waals surface area contributed by atoms with Gasteiger partial charge in [0, 0.05) is 31.2 Å². The molecule has 2 amide bonds. The Morgan fingerprint density at radius 2 is 1.75 bits per heavy atom. The number of hydrogen-bond donors (Lipinski definition) is 0. The van der Waals surface area contributed by atoms with E-state index >= 15 is 0 Å². The fourth-order valence-electron chi connectivity index (χ4n) is 3.25. The molecule has 0 atom stereocenters. The highest BCUT2D eigenvalue weighted by Gasteiger charge is 2.26. The summed E-state index contributed by atoms with van der Waals surface area (Å²) in [5.74, 6) is -0.257. The van der Waals surface area contributed by atoms with Gasteiger partial charge in [0.1, 0.15) is 11.6 Å². The maximum Gasteiger partial charge on any atom is 0.257 e. The van der Waals surface area contributed by atoms with Gasteiger partial charge in [0.25, 0.3) is 5.91 Å². The van der Waals surface area contributed by atoms with Crippen molar-refractivity contribution in [2.24, 2.45) is 0 Å². The molecule has 148 valence electrons. The van der Waals surface area contributed by atoms with Crippen LogP contribution >= 0.6 is 11.6 Å². The number of ether oxygens (including phenoxy) is 1. The summed E-state index contributed by atoms with van der Waals surface area (Å²) in [5, 5.41) is 0.312. The number of piperazine rings is 1. The van der Waals surface area contributed by atoms with Crippen molar-refractivity contribution >= 4 is 23.4 Å². The Bertz CT molecular complexity index is 895. The number of carbonyl (C=O) groups excluding carboxylic acids is 2. The molecule has 0 aromatic heterocycles. The van der Waals surface area contributed by atoms with Crippen molar-refractivity contribution in [1.82, 2.24) is 9.80 Å². The molecule has 0 unspecified atom stereocenters. The summed E-state index contributed by atoms with van der Waals surface area (Å²) in [6, 6.07) is 9.64. The largest absolute Gasteiger partial charge is 0.496 e. The molecule has 1 aliphatic heterocycles. The lowest BCUT2D eigenvalue weighted by molar-refractivity contribution is -0.131. The van der Waals surface area contributed by atoms with Crippen LogP contribution in [0.2, 0.25) is 5.02 Å². The summed E-state index contributed by atoms with van der Waals surface area (Å²) in [6.45, 7) is 3.48. The van der Waals surface area contributed by atoms with E-state index in [2.05, 4.69) is 0 Å². The van der Waals surface area contributed by atoms with Crippen molar-refractivity contribution in [3.05, 3.63) is 63.9 Å². The van der Waals surface area contributed by atoms with Gasteiger partial charge in [0.2, 0.25) is 5.91 Å². The SMILES string of the molecule is COc1cc(CC(=O)N2CCN(C(=O)c3cc(Cl)ccc3F)CC2)ccc1C. The summed E-state index contributed by atoms with van der Waals surface area (Å²) < 4.78 is 19.2. The van der Waals surface area contributed by atoms with Gasteiger partial charge >= 0.3 is 0 Å². The maximum atomic E-state index is 13.9. The molecule has 5 nitrogen and oxygen atoms in total. The molecule has 1 aliphatic rings. The Morgan fingerprint density at radius 1 is 1.07 bits per heavy atom. The lowest BCUT2D eigenvalue weighted by Gasteiger charge is -2.35. The van der Waals surface area contributed by atoms with E-state index in [9.17, 15) is 14.0 Å². The predicted molar refractivity (Wildman–Crippen MR) is 105 cm³/mol. The number of halogens is 2. The number of aryl methyl sites for hydroxylation is 1. The standard InChI is InChI=1S/C21H22ClFN2O3/c1-14-3-4-15(11-19(14)28-2)12-20(26)24-7-9-25(10-8-24)21(27)17-13-16(22)5-6-18(17)23/h3-6,11,13H,7-10,12H2,1-2H3. The van der Waals surface area contributed by atoms with E-state index in [1.807, 2.05) is 25.1 Å². The molecule has 28 heavy (non-hydrogen) atoms. The van der Waals surface area contributed by atoms with Crippen LogP contribution in [-0.4, -0.2) is 54.9 Å². The zero-order chi connectivity index (χ0) is 20.3. The van der Waals surface area contributed by atoms with Crippen LogP contribution in [0.15, 0.2) is 36.4 Å². The molecule has 3 rings (SSSR count). The highest BCUT2D eigenvalue weighted by molar-refractivity contribution is 6.31. The van der Waals surface area contributed by atoms with Gasteiger partial charge in [-0.05, 0) is 42.3 Å². The number of nitrogens with zero attached hydrogens (tertiary/aromatic N) is 2. The molecule has 0 aliphatic carbocycles. The molecule has 1 saturated heterocycles. The van der Waals surface area contributed by atoms with Crippen LogP contribution in [0, 0.1) is 12.7 Å². The normalized spacial score (nSPS) is 14.1. The minimum atomic E-state index is -0.596. The van der Waals surface area contributed by atoms with E-state index in [1.165, 1.54) is 18.2 Å². The molecular formula is C21H22ClFN2O3. The first-order chi connectivity index (χ1) is 13.4. The van der Waals surface area contributed by atoms with E-state index < -0.39 is 11.7 Å². The van der Waals surface area contributed by atoms with E-state index in [1.54, 1.807) is 16.9 Å². The number of methoxy groups -OCH3 is 1. The van der Waals surface area contributed by atoms with Gasteiger partial charge in [-0.25, -0.2) is 4.39 Å². The average molecular weight is 405 g/mol.